The lowest BCUT2D eigenvalue weighted by Gasteiger charge is -2.19. The third-order valence-electron chi connectivity index (χ3n) is 4.05. The van der Waals surface area contributed by atoms with E-state index in [0.717, 1.165) is 16.7 Å². The van der Waals surface area contributed by atoms with Crippen molar-refractivity contribution >= 4 is 10.1 Å². The Bertz CT molecular complexity index is 947. The van der Waals surface area contributed by atoms with Crippen molar-refractivity contribution in [1.82, 2.24) is 0 Å². The molecule has 3 aromatic carbocycles. The maximum atomic E-state index is 12.7. The number of hydrogen-bond acceptors (Lipinski definition) is 4. The summed E-state index contributed by atoms with van der Waals surface area (Å²) in [5, 5.41) is 0. The Morgan fingerprint density at radius 2 is 1.31 bits per heavy atom. The summed E-state index contributed by atoms with van der Waals surface area (Å²) in [5.41, 5.74) is 2.59. The van der Waals surface area contributed by atoms with E-state index in [0.29, 0.717) is 5.75 Å². The van der Waals surface area contributed by atoms with Crippen LogP contribution in [0.4, 0.5) is 0 Å². The first-order chi connectivity index (χ1) is 12.5. The van der Waals surface area contributed by atoms with Crippen LogP contribution in [0, 0.1) is 6.92 Å². The van der Waals surface area contributed by atoms with Gasteiger partial charge in [-0.05, 0) is 42.3 Å². The van der Waals surface area contributed by atoms with Gasteiger partial charge in [0.25, 0.3) is 10.1 Å². The Morgan fingerprint density at radius 1 is 0.769 bits per heavy atom. The van der Waals surface area contributed by atoms with E-state index in [-0.39, 0.29) is 4.90 Å². The maximum absolute atomic E-state index is 12.7. The molecule has 0 heterocycles. The SMILES string of the molecule is COc1ccc(C(OS(=O)(=O)c2ccccc2)c2ccc(C)cc2)cc1. The number of hydrogen-bond donors (Lipinski definition) is 0. The molecule has 0 aliphatic heterocycles. The van der Waals surface area contributed by atoms with Gasteiger partial charge in [-0.15, -0.1) is 0 Å². The molecule has 0 amide bonds. The molecule has 3 aromatic rings. The third-order valence-corrected chi connectivity index (χ3v) is 5.35. The van der Waals surface area contributed by atoms with Gasteiger partial charge < -0.3 is 4.74 Å². The summed E-state index contributed by atoms with van der Waals surface area (Å²) in [6.07, 6.45) is -0.744. The Labute approximate surface area is 154 Å². The summed E-state index contributed by atoms with van der Waals surface area (Å²) in [7, 11) is -2.33. The van der Waals surface area contributed by atoms with E-state index in [1.165, 1.54) is 12.1 Å². The highest BCUT2D eigenvalue weighted by Gasteiger charge is 2.24. The topological polar surface area (TPSA) is 52.6 Å². The van der Waals surface area contributed by atoms with Crippen LogP contribution >= 0.6 is 0 Å². The third kappa shape index (κ3) is 4.12. The number of methoxy groups -OCH3 is 1. The number of rotatable bonds is 6. The van der Waals surface area contributed by atoms with Crippen molar-refractivity contribution in [3.63, 3.8) is 0 Å². The lowest BCUT2D eigenvalue weighted by Crippen LogP contribution is -2.13. The predicted molar refractivity (Wildman–Crippen MR) is 101 cm³/mol. The maximum Gasteiger partial charge on any atom is 0.297 e. The van der Waals surface area contributed by atoms with Crippen molar-refractivity contribution in [3.05, 3.63) is 95.6 Å². The largest absolute Gasteiger partial charge is 0.497 e. The van der Waals surface area contributed by atoms with Crippen LogP contribution in [0.25, 0.3) is 0 Å². The van der Waals surface area contributed by atoms with E-state index in [2.05, 4.69) is 0 Å². The summed E-state index contributed by atoms with van der Waals surface area (Å²) in [4.78, 5) is 0.130. The van der Waals surface area contributed by atoms with Gasteiger partial charge in [-0.3, -0.25) is 4.18 Å². The van der Waals surface area contributed by atoms with Crippen LogP contribution in [0.2, 0.25) is 0 Å². The normalized spacial score (nSPS) is 12.5. The first-order valence-corrected chi connectivity index (χ1v) is 9.59. The van der Waals surface area contributed by atoms with Crippen molar-refractivity contribution in [2.24, 2.45) is 0 Å². The molecular weight excluding hydrogens is 348 g/mol. The molecule has 4 nitrogen and oxygen atoms in total. The predicted octanol–water partition coefficient (Wildman–Crippen LogP) is 4.50. The smallest absolute Gasteiger partial charge is 0.297 e. The number of ether oxygens (including phenoxy) is 1. The number of aryl methyl sites for hydroxylation is 1. The van der Waals surface area contributed by atoms with Crippen LogP contribution in [-0.2, 0) is 14.3 Å². The Kier molecular flexibility index (Phi) is 5.40. The summed E-state index contributed by atoms with van der Waals surface area (Å²) in [6, 6.07) is 23.0. The molecule has 0 aromatic heterocycles. The van der Waals surface area contributed by atoms with Crippen molar-refractivity contribution in [2.75, 3.05) is 7.11 Å². The molecular formula is C21H20O4S. The Hall–Kier alpha value is -2.63. The molecule has 0 bridgehead atoms. The fraction of sp³-hybridized carbons (Fsp3) is 0.143. The summed E-state index contributed by atoms with van der Waals surface area (Å²) >= 11 is 0. The van der Waals surface area contributed by atoms with Crippen molar-refractivity contribution in [2.45, 2.75) is 17.9 Å². The van der Waals surface area contributed by atoms with Crippen LogP contribution in [0.3, 0.4) is 0 Å². The van der Waals surface area contributed by atoms with E-state index >= 15 is 0 Å². The lowest BCUT2D eigenvalue weighted by molar-refractivity contribution is 0.253. The highest BCUT2D eigenvalue weighted by atomic mass is 32.2. The standard InChI is InChI=1S/C21H20O4S/c1-16-8-10-17(11-9-16)21(18-12-14-19(24-2)15-13-18)25-26(22,23)20-6-4-3-5-7-20/h3-15,21H,1-2H3. The zero-order chi connectivity index (χ0) is 18.6. The van der Waals surface area contributed by atoms with E-state index in [1.807, 2.05) is 43.3 Å². The van der Waals surface area contributed by atoms with Gasteiger partial charge in [-0.25, -0.2) is 0 Å². The quantitative estimate of drug-likeness (QED) is 0.601. The fourth-order valence-electron chi connectivity index (χ4n) is 2.59. The van der Waals surface area contributed by atoms with Gasteiger partial charge in [-0.2, -0.15) is 8.42 Å². The van der Waals surface area contributed by atoms with Crippen LogP contribution < -0.4 is 4.74 Å². The van der Waals surface area contributed by atoms with E-state index < -0.39 is 16.2 Å². The molecule has 0 fully saturated rings. The van der Waals surface area contributed by atoms with Gasteiger partial charge >= 0.3 is 0 Å². The van der Waals surface area contributed by atoms with E-state index in [9.17, 15) is 8.42 Å². The molecule has 0 spiro atoms. The summed E-state index contributed by atoms with van der Waals surface area (Å²) in [6.45, 7) is 1.98. The van der Waals surface area contributed by atoms with Crippen molar-refractivity contribution < 1.29 is 17.3 Å². The second-order valence-electron chi connectivity index (χ2n) is 5.93. The Balaban J connectivity index is 2.01. The monoisotopic (exact) mass is 368 g/mol. The zero-order valence-electron chi connectivity index (χ0n) is 14.6. The van der Waals surface area contributed by atoms with E-state index in [4.69, 9.17) is 8.92 Å². The van der Waals surface area contributed by atoms with Gasteiger partial charge in [0.1, 0.15) is 11.9 Å². The molecule has 26 heavy (non-hydrogen) atoms. The van der Waals surface area contributed by atoms with Gasteiger partial charge in [-0.1, -0.05) is 60.2 Å². The summed E-state index contributed by atoms with van der Waals surface area (Å²) in [5.74, 6) is 0.697. The second-order valence-corrected chi connectivity index (χ2v) is 7.50. The molecule has 3 rings (SSSR count). The minimum absolute atomic E-state index is 0.130. The van der Waals surface area contributed by atoms with Gasteiger partial charge in [0, 0.05) is 0 Å². The van der Waals surface area contributed by atoms with Crippen LogP contribution in [0.15, 0.2) is 83.8 Å². The second kappa shape index (κ2) is 7.72. The van der Waals surface area contributed by atoms with Gasteiger partial charge in [0.2, 0.25) is 0 Å². The van der Waals surface area contributed by atoms with Crippen LogP contribution in [0.1, 0.15) is 22.8 Å². The molecule has 0 saturated heterocycles. The molecule has 5 heteroatoms. The molecule has 134 valence electrons. The Morgan fingerprint density at radius 3 is 1.85 bits per heavy atom. The molecule has 0 N–H and O–H groups in total. The van der Waals surface area contributed by atoms with Gasteiger partial charge in [0.05, 0.1) is 12.0 Å². The van der Waals surface area contributed by atoms with Crippen LogP contribution in [-0.4, -0.2) is 15.5 Å². The minimum Gasteiger partial charge on any atom is -0.497 e. The van der Waals surface area contributed by atoms with E-state index in [1.54, 1.807) is 37.4 Å². The van der Waals surface area contributed by atoms with Crippen molar-refractivity contribution in [1.29, 1.82) is 0 Å². The first-order valence-electron chi connectivity index (χ1n) is 8.18. The van der Waals surface area contributed by atoms with Crippen molar-refractivity contribution in [3.8, 4) is 5.75 Å². The highest BCUT2D eigenvalue weighted by molar-refractivity contribution is 7.86. The van der Waals surface area contributed by atoms with Gasteiger partial charge in [0.15, 0.2) is 0 Å². The first kappa shape index (κ1) is 18.2. The minimum atomic E-state index is -3.91. The summed E-state index contributed by atoms with van der Waals surface area (Å²) < 4.78 is 36.3. The molecule has 0 aliphatic rings. The average Bonchev–Trinajstić information content (AvgIpc) is 2.68. The molecule has 0 saturated carbocycles. The highest BCUT2D eigenvalue weighted by Crippen LogP contribution is 2.31. The van der Waals surface area contributed by atoms with Crippen LogP contribution in [0.5, 0.6) is 5.75 Å². The molecule has 0 radical (unpaired) electrons. The zero-order valence-corrected chi connectivity index (χ0v) is 15.4. The molecule has 1 atom stereocenters. The lowest BCUT2D eigenvalue weighted by atomic mass is 10.0. The molecule has 0 aliphatic carbocycles. The fourth-order valence-corrected chi connectivity index (χ4v) is 3.67. The molecule has 1 unspecified atom stereocenters. The average molecular weight is 368 g/mol. The number of benzene rings is 3.